The number of rotatable bonds is 14. The van der Waals surface area contributed by atoms with E-state index in [0.29, 0.717) is 33.0 Å². The second kappa shape index (κ2) is 8.84. The maximum absolute atomic E-state index is 10.3. The topological polar surface area (TPSA) is 126 Å². The number of epoxide rings is 3. The average molecular weight is 350 g/mol. The highest BCUT2D eigenvalue weighted by Crippen LogP contribution is 2.20. The molecule has 3 N–H and O–H groups in total. The largest absolute Gasteiger partial charge is 0.394 e. The first-order valence-corrected chi connectivity index (χ1v) is 8.30. The summed E-state index contributed by atoms with van der Waals surface area (Å²) < 4.78 is 32.4. The van der Waals surface area contributed by atoms with E-state index in [0.717, 1.165) is 0 Å². The zero-order chi connectivity index (χ0) is 16.9. The van der Waals surface area contributed by atoms with Crippen molar-refractivity contribution in [3.63, 3.8) is 0 Å². The fraction of sp³-hybridized carbons (Fsp3) is 1.00. The molecule has 7 atom stereocenters. The van der Waals surface area contributed by atoms with Crippen LogP contribution in [0.15, 0.2) is 0 Å². The summed E-state index contributed by atoms with van der Waals surface area (Å²) in [7, 11) is 0. The van der Waals surface area contributed by atoms with E-state index in [4.69, 9.17) is 33.5 Å². The Morgan fingerprint density at radius 2 is 1.42 bits per heavy atom. The molecular formula is C15H26O9. The van der Waals surface area contributed by atoms with E-state index in [-0.39, 0.29) is 31.5 Å². The van der Waals surface area contributed by atoms with Crippen LogP contribution in [0.4, 0.5) is 0 Å². The van der Waals surface area contributed by atoms with Gasteiger partial charge in [-0.25, -0.2) is 0 Å². The molecule has 3 fully saturated rings. The molecule has 0 amide bonds. The number of hydrogen-bond acceptors (Lipinski definition) is 9. The Hall–Kier alpha value is -0.360. The fourth-order valence-electron chi connectivity index (χ4n) is 2.25. The van der Waals surface area contributed by atoms with Gasteiger partial charge in [0, 0.05) is 0 Å². The monoisotopic (exact) mass is 350 g/mol. The maximum Gasteiger partial charge on any atom is 0.114 e. The molecule has 24 heavy (non-hydrogen) atoms. The first-order valence-electron chi connectivity index (χ1n) is 8.30. The van der Waals surface area contributed by atoms with Crippen LogP contribution in [0.3, 0.4) is 0 Å². The molecule has 0 aliphatic carbocycles. The third-order valence-corrected chi connectivity index (χ3v) is 4.05. The summed E-state index contributed by atoms with van der Waals surface area (Å²) in [5.41, 5.74) is 0. The number of hydrogen-bond donors (Lipinski definition) is 3. The van der Waals surface area contributed by atoms with Crippen LogP contribution in [0.2, 0.25) is 0 Å². The van der Waals surface area contributed by atoms with E-state index in [1.165, 1.54) is 0 Å². The molecule has 140 valence electrons. The molecule has 3 saturated heterocycles. The van der Waals surface area contributed by atoms with E-state index in [2.05, 4.69) is 0 Å². The predicted molar refractivity (Wildman–Crippen MR) is 78.6 cm³/mol. The van der Waals surface area contributed by atoms with E-state index in [1.54, 1.807) is 0 Å². The average Bonchev–Trinajstić information content (AvgIpc) is 3.44. The van der Waals surface area contributed by atoms with Crippen LogP contribution in [-0.4, -0.2) is 111 Å². The minimum atomic E-state index is -1.33. The molecule has 3 aliphatic rings. The van der Waals surface area contributed by atoms with Crippen molar-refractivity contribution in [1.29, 1.82) is 0 Å². The van der Waals surface area contributed by atoms with E-state index >= 15 is 0 Å². The number of aliphatic hydroxyl groups excluding tert-OH is 3. The smallest absolute Gasteiger partial charge is 0.114 e. The third-order valence-electron chi connectivity index (χ3n) is 4.05. The predicted octanol–water partition coefficient (Wildman–Crippen LogP) is -2.32. The molecule has 0 spiro atoms. The lowest BCUT2D eigenvalue weighted by Gasteiger charge is -2.32. The van der Waals surface area contributed by atoms with E-state index < -0.39 is 31.0 Å². The SMILES string of the molecule is OC[C@@H](O)[C@@H](O)[C@H](OCC1CO1)[C@H](COCC1CO1)OCC1CO1. The molecule has 0 aromatic carbocycles. The quantitative estimate of drug-likeness (QED) is 0.296. The summed E-state index contributed by atoms with van der Waals surface area (Å²) in [5.74, 6) is 0. The molecule has 0 saturated carbocycles. The molecule has 3 aliphatic heterocycles. The first-order chi connectivity index (χ1) is 11.7. The van der Waals surface area contributed by atoms with Crippen molar-refractivity contribution in [2.24, 2.45) is 0 Å². The van der Waals surface area contributed by atoms with Crippen molar-refractivity contribution >= 4 is 0 Å². The van der Waals surface area contributed by atoms with Crippen LogP contribution in [0, 0.1) is 0 Å². The van der Waals surface area contributed by atoms with E-state index in [1.807, 2.05) is 0 Å². The van der Waals surface area contributed by atoms with Crippen LogP contribution in [0.25, 0.3) is 0 Å². The summed E-state index contributed by atoms with van der Waals surface area (Å²) in [6.07, 6.45) is -3.93. The van der Waals surface area contributed by atoms with Gasteiger partial charge in [0.15, 0.2) is 0 Å². The Labute approximate surface area is 140 Å². The van der Waals surface area contributed by atoms with Gasteiger partial charge in [0.1, 0.15) is 42.7 Å². The van der Waals surface area contributed by atoms with Gasteiger partial charge >= 0.3 is 0 Å². The molecule has 3 heterocycles. The van der Waals surface area contributed by atoms with Gasteiger partial charge in [0.05, 0.1) is 52.9 Å². The van der Waals surface area contributed by atoms with E-state index in [9.17, 15) is 10.2 Å². The Bertz CT molecular complexity index is 370. The Morgan fingerprint density at radius 1 is 0.875 bits per heavy atom. The summed E-state index contributed by atoms with van der Waals surface area (Å²) in [5, 5.41) is 29.2. The van der Waals surface area contributed by atoms with Crippen LogP contribution in [0.1, 0.15) is 0 Å². The van der Waals surface area contributed by atoms with Crippen LogP contribution in [-0.2, 0) is 28.4 Å². The molecule has 3 unspecified atom stereocenters. The Kier molecular flexibility index (Phi) is 6.79. The van der Waals surface area contributed by atoms with Crippen molar-refractivity contribution in [3.8, 4) is 0 Å². The van der Waals surface area contributed by atoms with Gasteiger partial charge in [0.25, 0.3) is 0 Å². The lowest BCUT2D eigenvalue weighted by molar-refractivity contribution is -0.171. The normalized spacial score (nSPS) is 32.9. The van der Waals surface area contributed by atoms with Crippen LogP contribution >= 0.6 is 0 Å². The lowest BCUT2D eigenvalue weighted by atomic mass is 10.0. The minimum Gasteiger partial charge on any atom is -0.394 e. The van der Waals surface area contributed by atoms with Crippen molar-refractivity contribution in [3.05, 3.63) is 0 Å². The molecule has 0 radical (unpaired) electrons. The highest BCUT2D eigenvalue weighted by molar-refractivity contribution is 4.85. The highest BCUT2D eigenvalue weighted by Gasteiger charge is 2.38. The second-order valence-electron chi connectivity index (χ2n) is 6.31. The van der Waals surface area contributed by atoms with Crippen LogP contribution in [0.5, 0.6) is 0 Å². The molecule has 0 bridgehead atoms. The van der Waals surface area contributed by atoms with Crippen molar-refractivity contribution in [2.45, 2.75) is 42.7 Å². The molecular weight excluding hydrogens is 324 g/mol. The number of aliphatic hydroxyl groups is 3. The zero-order valence-corrected chi connectivity index (χ0v) is 13.5. The molecule has 9 heteroatoms. The van der Waals surface area contributed by atoms with Crippen molar-refractivity contribution in [1.82, 2.24) is 0 Å². The van der Waals surface area contributed by atoms with Crippen LogP contribution < -0.4 is 0 Å². The zero-order valence-electron chi connectivity index (χ0n) is 13.5. The van der Waals surface area contributed by atoms with Gasteiger partial charge in [-0.05, 0) is 0 Å². The number of ether oxygens (including phenoxy) is 6. The summed E-state index contributed by atoms with van der Waals surface area (Å²) in [6, 6.07) is 0. The third kappa shape index (κ3) is 6.17. The van der Waals surface area contributed by atoms with Gasteiger partial charge < -0.3 is 43.7 Å². The van der Waals surface area contributed by atoms with Crippen molar-refractivity contribution < 1.29 is 43.7 Å². The van der Waals surface area contributed by atoms with Crippen molar-refractivity contribution in [2.75, 3.05) is 52.9 Å². The molecule has 0 aromatic rings. The molecule has 3 rings (SSSR count). The first kappa shape index (κ1) is 18.4. The summed E-state index contributed by atoms with van der Waals surface area (Å²) in [6.45, 7) is 2.63. The minimum absolute atomic E-state index is 0.000771. The Balaban J connectivity index is 1.55. The summed E-state index contributed by atoms with van der Waals surface area (Å²) >= 11 is 0. The second-order valence-corrected chi connectivity index (χ2v) is 6.31. The molecule has 0 aromatic heterocycles. The van der Waals surface area contributed by atoms with Gasteiger partial charge in [-0.2, -0.15) is 0 Å². The molecule has 9 nitrogen and oxygen atoms in total. The van der Waals surface area contributed by atoms with Gasteiger partial charge in [-0.3, -0.25) is 0 Å². The summed E-state index contributed by atoms with van der Waals surface area (Å²) in [4.78, 5) is 0. The fourth-order valence-corrected chi connectivity index (χ4v) is 2.25. The Morgan fingerprint density at radius 3 is 1.96 bits per heavy atom. The van der Waals surface area contributed by atoms with Gasteiger partial charge in [-0.1, -0.05) is 0 Å². The lowest BCUT2D eigenvalue weighted by Crippen LogP contribution is -2.50. The standard InChI is InChI=1S/C15H26O9/c16-1-12(17)14(18)15(24-7-11-5-22-11)13(23-6-10-4-21-10)8-19-2-9-3-20-9/h9-18H,1-8H2/t9?,10?,11?,12-,13+,14-,15-/m1/s1. The van der Waals surface area contributed by atoms with Gasteiger partial charge in [-0.15, -0.1) is 0 Å². The van der Waals surface area contributed by atoms with Gasteiger partial charge in [0.2, 0.25) is 0 Å². The highest BCUT2D eigenvalue weighted by atomic mass is 16.6. The maximum atomic E-state index is 10.3.